The Morgan fingerprint density at radius 2 is 2.12 bits per heavy atom. The minimum atomic E-state index is -1.16. The average Bonchev–Trinajstić information content (AvgIpc) is 2.55. The highest BCUT2D eigenvalue weighted by molar-refractivity contribution is 5.99. The van der Waals surface area contributed by atoms with Crippen LogP contribution in [0.5, 0.6) is 5.75 Å². The first-order valence-corrected chi connectivity index (χ1v) is 4.66. The molecule has 0 saturated carbocycles. The van der Waals surface area contributed by atoms with Gasteiger partial charge in [0.15, 0.2) is 11.4 Å². The molecule has 16 heavy (non-hydrogen) atoms. The second-order valence-electron chi connectivity index (χ2n) is 3.06. The predicted molar refractivity (Wildman–Crippen MR) is 54.9 cm³/mol. The van der Waals surface area contributed by atoms with Crippen molar-refractivity contribution in [3.05, 3.63) is 17.5 Å². The third-order valence-electron chi connectivity index (χ3n) is 2.04. The van der Waals surface area contributed by atoms with E-state index >= 15 is 0 Å². The van der Waals surface area contributed by atoms with Gasteiger partial charge >= 0.3 is 11.9 Å². The number of aromatic nitrogens is 1. The number of hydrogen-bond donors (Lipinski definition) is 1. The molecule has 1 rings (SSSR count). The summed E-state index contributed by atoms with van der Waals surface area (Å²) in [6.07, 6.45) is 1.38. The van der Waals surface area contributed by atoms with E-state index in [1.807, 2.05) is 0 Å². The Morgan fingerprint density at radius 3 is 2.56 bits per heavy atom. The van der Waals surface area contributed by atoms with Crippen LogP contribution in [0.1, 0.15) is 27.8 Å². The lowest BCUT2D eigenvalue weighted by atomic mass is 10.2. The van der Waals surface area contributed by atoms with E-state index in [0.29, 0.717) is 0 Å². The fourth-order valence-electron chi connectivity index (χ4n) is 1.41. The summed E-state index contributed by atoms with van der Waals surface area (Å²) >= 11 is 0. The molecule has 0 atom stereocenters. The van der Waals surface area contributed by atoms with Crippen LogP contribution in [0.25, 0.3) is 0 Å². The van der Waals surface area contributed by atoms with Crippen molar-refractivity contribution in [2.75, 3.05) is 13.7 Å². The van der Waals surface area contributed by atoms with Gasteiger partial charge in [-0.3, -0.25) is 0 Å². The molecule has 0 spiro atoms. The molecule has 0 fully saturated rings. The topological polar surface area (TPSA) is 77.8 Å². The molecule has 0 aliphatic carbocycles. The summed E-state index contributed by atoms with van der Waals surface area (Å²) in [7, 11) is 2.83. The van der Waals surface area contributed by atoms with E-state index < -0.39 is 11.9 Å². The molecule has 0 unspecified atom stereocenters. The first-order valence-electron chi connectivity index (χ1n) is 4.66. The van der Waals surface area contributed by atoms with Gasteiger partial charge in [-0.1, -0.05) is 0 Å². The lowest BCUT2D eigenvalue weighted by Crippen LogP contribution is -2.07. The Kier molecular flexibility index (Phi) is 3.55. The summed E-state index contributed by atoms with van der Waals surface area (Å²) < 4.78 is 11.0. The van der Waals surface area contributed by atoms with Crippen LogP contribution in [0.3, 0.4) is 0 Å². The van der Waals surface area contributed by atoms with Gasteiger partial charge in [0.1, 0.15) is 5.56 Å². The number of carbonyl (C=O) groups excluding carboxylic acids is 1. The maximum atomic E-state index is 11.5. The number of methoxy groups -OCH3 is 1. The van der Waals surface area contributed by atoms with Crippen molar-refractivity contribution in [1.82, 2.24) is 4.57 Å². The molecule has 0 aromatic carbocycles. The second kappa shape index (κ2) is 4.69. The van der Waals surface area contributed by atoms with Crippen LogP contribution in [0.2, 0.25) is 0 Å². The standard InChI is InChI=1S/C10H13NO5/c1-4-16-10(14)6-5-11(2)7(9(12)13)8(6)15-3/h5H,4H2,1-3H3,(H,12,13). The highest BCUT2D eigenvalue weighted by Gasteiger charge is 2.25. The molecule has 0 aliphatic heterocycles. The average molecular weight is 227 g/mol. The van der Waals surface area contributed by atoms with Gasteiger partial charge in [0.2, 0.25) is 0 Å². The zero-order chi connectivity index (χ0) is 12.3. The third kappa shape index (κ3) is 2.00. The molecule has 1 aromatic heterocycles. The number of aromatic carboxylic acids is 1. The molecule has 6 heteroatoms. The molecule has 1 heterocycles. The fraction of sp³-hybridized carbons (Fsp3) is 0.400. The van der Waals surface area contributed by atoms with Crippen molar-refractivity contribution in [1.29, 1.82) is 0 Å². The summed E-state index contributed by atoms with van der Waals surface area (Å²) in [5, 5.41) is 8.95. The largest absolute Gasteiger partial charge is 0.493 e. The maximum absolute atomic E-state index is 11.5. The van der Waals surface area contributed by atoms with E-state index in [-0.39, 0.29) is 23.6 Å². The number of nitrogens with zero attached hydrogens (tertiary/aromatic N) is 1. The maximum Gasteiger partial charge on any atom is 0.356 e. The lowest BCUT2D eigenvalue weighted by Gasteiger charge is -2.03. The van der Waals surface area contributed by atoms with Crippen LogP contribution in [-0.2, 0) is 11.8 Å². The number of esters is 1. The molecule has 0 saturated heterocycles. The van der Waals surface area contributed by atoms with Gasteiger partial charge in [0.25, 0.3) is 0 Å². The van der Waals surface area contributed by atoms with Crippen molar-refractivity contribution in [2.24, 2.45) is 7.05 Å². The second-order valence-corrected chi connectivity index (χ2v) is 3.06. The molecular weight excluding hydrogens is 214 g/mol. The van der Waals surface area contributed by atoms with Crippen molar-refractivity contribution < 1.29 is 24.2 Å². The highest BCUT2D eigenvalue weighted by atomic mass is 16.5. The quantitative estimate of drug-likeness (QED) is 0.773. The first kappa shape index (κ1) is 12.1. The van der Waals surface area contributed by atoms with Gasteiger partial charge in [-0.2, -0.15) is 0 Å². The van der Waals surface area contributed by atoms with Gasteiger partial charge in [-0.25, -0.2) is 9.59 Å². The number of carboxylic acid groups (broad SMARTS) is 1. The van der Waals surface area contributed by atoms with Crippen LogP contribution >= 0.6 is 0 Å². The minimum Gasteiger partial charge on any atom is -0.493 e. The Labute approximate surface area is 92.4 Å². The fourth-order valence-corrected chi connectivity index (χ4v) is 1.41. The third-order valence-corrected chi connectivity index (χ3v) is 2.04. The summed E-state index contributed by atoms with van der Waals surface area (Å²) in [6, 6.07) is 0. The first-order chi connectivity index (χ1) is 7.52. The molecule has 0 bridgehead atoms. The molecule has 1 aromatic rings. The van der Waals surface area contributed by atoms with Gasteiger partial charge < -0.3 is 19.1 Å². The molecule has 6 nitrogen and oxygen atoms in total. The van der Waals surface area contributed by atoms with Crippen LogP contribution in [0.4, 0.5) is 0 Å². The summed E-state index contributed by atoms with van der Waals surface area (Å²) in [5.41, 5.74) is 0.0369. The smallest absolute Gasteiger partial charge is 0.356 e. The molecular formula is C10H13NO5. The zero-order valence-electron chi connectivity index (χ0n) is 9.31. The number of carboxylic acids is 1. The van der Waals surface area contributed by atoms with Gasteiger partial charge in [0.05, 0.1) is 13.7 Å². The summed E-state index contributed by atoms with van der Waals surface area (Å²) in [4.78, 5) is 22.4. The molecule has 0 aliphatic rings. The molecule has 0 amide bonds. The van der Waals surface area contributed by atoms with Crippen LogP contribution in [0, 0.1) is 0 Å². The number of aryl methyl sites for hydroxylation is 1. The number of rotatable bonds is 4. The van der Waals surface area contributed by atoms with E-state index in [1.165, 1.54) is 24.9 Å². The zero-order valence-corrected chi connectivity index (χ0v) is 9.31. The van der Waals surface area contributed by atoms with Crippen LogP contribution in [-0.4, -0.2) is 35.3 Å². The van der Waals surface area contributed by atoms with Crippen molar-refractivity contribution in [3.8, 4) is 5.75 Å². The van der Waals surface area contributed by atoms with Crippen molar-refractivity contribution >= 4 is 11.9 Å². The predicted octanol–water partition coefficient (Wildman–Crippen LogP) is 0.909. The molecule has 1 N–H and O–H groups in total. The normalized spacial score (nSPS) is 9.94. The van der Waals surface area contributed by atoms with E-state index in [4.69, 9.17) is 14.6 Å². The van der Waals surface area contributed by atoms with Crippen molar-refractivity contribution in [3.63, 3.8) is 0 Å². The van der Waals surface area contributed by atoms with Crippen molar-refractivity contribution in [2.45, 2.75) is 6.92 Å². The van der Waals surface area contributed by atoms with E-state index in [1.54, 1.807) is 6.92 Å². The van der Waals surface area contributed by atoms with E-state index in [2.05, 4.69) is 0 Å². The van der Waals surface area contributed by atoms with E-state index in [9.17, 15) is 9.59 Å². The van der Waals surface area contributed by atoms with Gasteiger partial charge in [-0.15, -0.1) is 0 Å². The lowest BCUT2D eigenvalue weighted by molar-refractivity contribution is 0.0523. The van der Waals surface area contributed by atoms with Gasteiger partial charge in [-0.05, 0) is 6.92 Å². The van der Waals surface area contributed by atoms with E-state index in [0.717, 1.165) is 0 Å². The highest BCUT2D eigenvalue weighted by Crippen LogP contribution is 2.26. The SMILES string of the molecule is CCOC(=O)c1cn(C)c(C(=O)O)c1OC. The Hall–Kier alpha value is -1.98. The van der Waals surface area contributed by atoms with Crippen LogP contribution in [0.15, 0.2) is 6.20 Å². The number of ether oxygens (including phenoxy) is 2. The Morgan fingerprint density at radius 1 is 1.50 bits per heavy atom. The minimum absolute atomic E-state index is 0.0217. The van der Waals surface area contributed by atoms with Crippen LogP contribution < -0.4 is 4.74 Å². The number of carbonyl (C=O) groups is 2. The van der Waals surface area contributed by atoms with Gasteiger partial charge in [0, 0.05) is 13.2 Å². The summed E-state index contributed by atoms with van der Waals surface area (Å²) in [6.45, 7) is 1.89. The Bertz CT molecular complexity index is 421. The number of hydrogen-bond acceptors (Lipinski definition) is 4. The summed E-state index contributed by atoms with van der Waals surface area (Å²) in [5.74, 6) is -1.73. The molecule has 88 valence electrons. The Balaban J connectivity index is 3.26. The molecule has 0 radical (unpaired) electrons. The monoisotopic (exact) mass is 227 g/mol.